The summed E-state index contributed by atoms with van der Waals surface area (Å²) >= 11 is 0. The van der Waals surface area contributed by atoms with E-state index in [0.717, 1.165) is 65.7 Å². The summed E-state index contributed by atoms with van der Waals surface area (Å²) < 4.78 is 10.6. The molecule has 0 aliphatic heterocycles. The van der Waals surface area contributed by atoms with E-state index in [2.05, 4.69) is 69.2 Å². The minimum absolute atomic E-state index is 0.0581. The number of hydrogen-bond donors (Lipinski definition) is 2. The van der Waals surface area contributed by atoms with Gasteiger partial charge in [0.15, 0.2) is 11.5 Å². The molecule has 0 heterocycles. The summed E-state index contributed by atoms with van der Waals surface area (Å²) in [5, 5.41) is 21.4. The van der Waals surface area contributed by atoms with Crippen molar-refractivity contribution < 1.29 is 19.7 Å². The summed E-state index contributed by atoms with van der Waals surface area (Å²) in [5.74, 6) is 8.14. The minimum Gasteiger partial charge on any atom is -0.504 e. The van der Waals surface area contributed by atoms with Crippen molar-refractivity contribution >= 4 is 0 Å². The standard InChI is InChI=1S/C54H102O4/c1-40(2)22-14-23-41(3)24-15-25-42(4)26-16-27-43(5)28-17-29-44(6)30-18-31-45(7)32-19-33-46(8)34-20-35-47(9)36-21-37-48(10)38-39-50-49(11)51(55)53(57-12)54(58-13)52(50)56/h40-48,55-56H,14-39H2,1-13H3. The van der Waals surface area contributed by atoms with Crippen LogP contribution in [0.15, 0.2) is 0 Å². The molecular weight excluding hydrogens is 713 g/mol. The lowest BCUT2D eigenvalue weighted by molar-refractivity contribution is 0.313. The molecule has 4 heteroatoms. The van der Waals surface area contributed by atoms with Crippen molar-refractivity contribution in [2.24, 2.45) is 53.3 Å². The van der Waals surface area contributed by atoms with Crippen molar-refractivity contribution in [3.63, 3.8) is 0 Å². The predicted molar refractivity (Wildman–Crippen MR) is 255 cm³/mol. The van der Waals surface area contributed by atoms with E-state index in [-0.39, 0.29) is 23.0 Å². The molecule has 0 saturated heterocycles. The van der Waals surface area contributed by atoms with E-state index in [0.29, 0.717) is 11.5 Å². The van der Waals surface area contributed by atoms with Gasteiger partial charge < -0.3 is 19.7 Å². The van der Waals surface area contributed by atoms with Crippen LogP contribution in [0.25, 0.3) is 0 Å². The van der Waals surface area contributed by atoms with Crippen molar-refractivity contribution in [3.05, 3.63) is 11.1 Å². The molecule has 342 valence electrons. The zero-order valence-corrected chi connectivity index (χ0v) is 41.3. The average Bonchev–Trinajstić information content (AvgIpc) is 3.16. The smallest absolute Gasteiger partial charge is 0.207 e. The van der Waals surface area contributed by atoms with E-state index < -0.39 is 0 Å². The number of rotatable bonds is 37. The van der Waals surface area contributed by atoms with Crippen LogP contribution < -0.4 is 9.47 Å². The molecule has 58 heavy (non-hydrogen) atoms. The van der Waals surface area contributed by atoms with E-state index in [1.165, 1.54) is 168 Å². The van der Waals surface area contributed by atoms with E-state index in [1.807, 2.05) is 6.92 Å². The Hall–Kier alpha value is -1.58. The second-order valence-corrected chi connectivity index (χ2v) is 21.1. The molecule has 0 spiro atoms. The molecule has 0 aromatic heterocycles. The summed E-state index contributed by atoms with van der Waals surface area (Å²) in [6.07, 6.45) is 35.2. The maximum Gasteiger partial charge on any atom is 0.207 e. The lowest BCUT2D eigenvalue weighted by Crippen LogP contribution is -2.04. The monoisotopic (exact) mass is 815 g/mol. The van der Waals surface area contributed by atoms with E-state index in [1.54, 1.807) is 0 Å². The quantitative estimate of drug-likeness (QED) is 0.0657. The molecule has 0 amide bonds. The van der Waals surface area contributed by atoms with E-state index >= 15 is 0 Å². The normalized spacial score (nSPS) is 16.2. The molecule has 0 radical (unpaired) electrons. The van der Waals surface area contributed by atoms with Gasteiger partial charge in [-0.25, -0.2) is 0 Å². The van der Waals surface area contributed by atoms with Crippen LogP contribution in [-0.2, 0) is 6.42 Å². The first kappa shape index (κ1) is 54.4. The lowest BCUT2D eigenvalue weighted by Gasteiger charge is -2.19. The average molecular weight is 815 g/mol. The van der Waals surface area contributed by atoms with Crippen molar-refractivity contribution in [1.29, 1.82) is 0 Å². The Labute approximate surface area is 363 Å². The summed E-state index contributed by atoms with van der Waals surface area (Å²) in [6, 6.07) is 0. The van der Waals surface area contributed by atoms with Gasteiger partial charge in [-0.1, -0.05) is 223 Å². The van der Waals surface area contributed by atoms with Crippen LogP contribution in [-0.4, -0.2) is 24.4 Å². The van der Waals surface area contributed by atoms with Gasteiger partial charge in [-0.05, 0) is 73.0 Å². The van der Waals surface area contributed by atoms with Gasteiger partial charge in [0.1, 0.15) is 0 Å². The number of aromatic hydroxyl groups is 2. The Morgan fingerprint density at radius 1 is 0.345 bits per heavy atom. The highest BCUT2D eigenvalue weighted by atomic mass is 16.5. The lowest BCUT2D eigenvalue weighted by atomic mass is 9.88. The molecule has 4 nitrogen and oxygen atoms in total. The van der Waals surface area contributed by atoms with Crippen LogP contribution in [0.2, 0.25) is 0 Å². The fourth-order valence-electron chi connectivity index (χ4n) is 9.65. The highest BCUT2D eigenvalue weighted by Gasteiger charge is 2.23. The number of phenolic OH excluding ortho intramolecular Hbond substituents is 2. The SMILES string of the molecule is COc1c(O)c(C)c(CCC(C)CCCC(C)CCCC(C)CCCC(C)CCCC(C)CCCC(C)CCCC(C)CCCC(C)CCCC(C)C)c(O)c1OC. The first-order valence-electron chi connectivity index (χ1n) is 25.2. The first-order chi connectivity index (χ1) is 27.6. The third-order valence-corrected chi connectivity index (χ3v) is 14.3. The third kappa shape index (κ3) is 24.6. The summed E-state index contributed by atoms with van der Waals surface area (Å²) in [6.45, 7) is 26.3. The molecule has 0 bridgehead atoms. The van der Waals surface area contributed by atoms with Gasteiger partial charge in [-0.3, -0.25) is 0 Å². The minimum atomic E-state index is 0.0581. The van der Waals surface area contributed by atoms with Crippen LogP contribution >= 0.6 is 0 Å². The number of phenols is 2. The highest BCUT2D eigenvalue weighted by Crippen LogP contribution is 2.48. The maximum absolute atomic E-state index is 10.8. The van der Waals surface area contributed by atoms with Crippen molar-refractivity contribution in [2.75, 3.05) is 14.2 Å². The molecule has 2 N–H and O–H groups in total. The van der Waals surface area contributed by atoms with Gasteiger partial charge >= 0.3 is 0 Å². The fraction of sp³-hybridized carbons (Fsp3) is 0.889. The van der Waals surface area contributed by atoms with Crippen LogP contribution in [0.4, 0.5) is 0 Å². The van der Waals surface area contributed by atoms with Crippen LogP contribution in [0, 0.1) is 60.2 Å². The van der Waals surface area contributed by atoms with E-state index in [9.17, 15) is 10.2 Å². The molecule has 0 aliphatic carbocycles. The molecule has 1 aromatic carbocycles. The van der Waals surface area contributed by atoms with Crippen LogP contribution in [0.3, 0.4) is 0 Å². The Kier molecular flexibility index (Phi) is 30.2. The summed E-state index contributed by atoms with van der Waals surface area (Å²) in [7, 11) is 2.97. The molecular formula is C54H102O4. The van der Waals surface area contributed by atoms with Gasteiger partial charge in [0, 0.05) is 11.1 Å². The van der Waals surface area contributed by atoms with E-state index in [4.69, 9.17) is 9.47 Å². The van der Waals surface area contributed by atoms with Crippen molar-refractivity contribution in [3.8, 4) is 23.0 Å². The molecule has 1 rings (SSSR count). The number of hydrogen-bond acceptors (Lipinski definition) is 4. The molecule has 1 aromatic rings. The first-order valence-corrected chi connectivity index (χ1v) is 25.2. The van der Waals surface area contributed by atoms with Gasteiger partial charge in [0.05, 0.1) is 14.2 Å². The van der Waals surface area contributed by atoms with Gasteiger partial charge in [0.2, 0.25) is 11.5 Å². The highest BCUT2D eigenvalue weighted by molar-refractivity contribution is 5.65. The fourth-order valence-corrected chi connectivity index (χ4v) is 9.65. The number of ether oxygens (including phenoxy) is 2. The Morgan fingerprint density at radius 2 is 0.569 bits per heavy atom. The summed E-state index contributed by atoms with van der Waals surface area (Å²) in [5.41, 5.74) is 1.44. The second-order valence-electron chi connectivity index (χ2n) is 21.1. The zero-order chi connectivity index (χ0) is 43.5. The topological polar surface area (TPSA) is 58.9 Å². The van der Waals surface area contributed by atoms with Crippen LogP contribution in [0.5, 0.6) is 23.0 Å². The Morgan fingerprint density at radius 3 is 0.810 bits per heavy atom. The second kappa shape index (κ2) is 32.2. The number of benzene rings is 1. The van der Waals surface area contributed by atoms with Crippen molar-refractivity contribution in [2.45, 2.75) is 243 Å². The van der Waals surface area contributed by atoms with Crippen molar-refractivity contribution in [1.82, 2.24) is 0 Å². The predicted octanol–water partition coefficient (Wildman–Crippen LogP) is 17.5. The van der Waals surface area contributed by atoms with Gasteiger partial charge in [0.25, 0.3) is 0 Å². The summed E-state index contributed by atoms with van der Waals surface area (Å²) in [4.78, 5) is 0. The molecule has 0 aliphatic rings. The zero-order valence-electron chi connectivity index (χ0n) is 41.3. The van der Waals surface area contributed by atoms with Gasteiger partial charge in [-0.2, -0.15) is 0 Å². The number of methoxy groups -OCH3 is 2. The Bertz CT molecular complexity index is 1140. The Balaban J connectivity index is 2.06. The molecule has 0 saturated carbocycles. The molecule has 8 atom stereocenters. The largest absolute Gasteiger partial charge is 0.504 e. The third-order valence-electron chi connectivity index (χ3n) is 14.3. The molecule has 8 unspecified atom stereocenters. The van der Waals surface area contributed by atoms with Crippen LogP contribution in [0.1, 0.15) is 241 Å². The van der Waals surface area contributed by atoms with Gasteiger partial charge in [-0.15, -0.1) is 0 Å². The maximum atomic E-state index is 10.8. The molecule has 0 fully saturated rings.